The zero-order valence-electron chi connectivity index (χ0n) is 17.5. The largest absolute Gasteiger partial charge is 0.391 e. The van der Waals surface area contributed by atoms with Gasteiger partial charge < -0.3 is 9.57 Å². The lowest BCUT2D eigenvalue weighted by Gasteiger charge is -2.40. The Labute approximate surface area is 193 Å². The topological polar surface area (TPSA) is 30.8 Å². The fraction of sp³-hybridized carbons (Fsp3) is 0.269. The van der Waals surface area contributed by atoms with E-state index in [-0.39, 0.29) is 24.0 Å². The van der Waals surface area contributed by atoms with E-state index in [1.54, 1.807) is 0 Å². The number of hydrogen-bond acceptors (Lipinski definition) is 3. The van der Waals surface area contributed by atoms with Crippen molar-refractivity contribution < 1.29 is 9.57 Å². The minimum Gasteiger partial charge on any atom is -0.391 e. The number of benzene rings is 3. The number of nitrogens with zero attached hydrogens (tertiary/aromatic N) is 1. The van der Waals surface area contributed by atoms with E-state index < -0.39 is 0 Å². The monoisotopic (exact) mass is 453 g/mol. The minimum absolute atomic E-state index is 0.0514. The van der Waals surface area contributed by atoms with Crippen LogP contribution >= 0.6 is 23.2 Å². The third-order valence-electron chi connectivity index (χ3n) is 5.78. The molecule has 4 rings (SSSR count). The Morgan fingerprint density at radius 1 is 0.742 bits per heavy atom. The van der Waals surface area contributed by atoms with Gasteiger partial charge in [0.15, 0.2) is 0 Å². The molecule has 0 aromatic heterocycles. The van der Waals surface area contributed by atoms with Gasteiger partial charge in [0.25, 0.3) is 0 Å². The molecule has 1 aliphatic rings. The van der Waals surface area contributed by atoms with E-state index in [0.717, 1.165) is 22.4 Å². The van der Waals surface area contributed by atoms with Gasteiger partial charge in [0, 0.05) is 21.9 Å². The van der Waals surface area contributed by atoms with Crippen LogP contribution in [0.1, 0.15) is 42.7 Å². The lowest BCUT2D eigenvalue weighted by atomic mass is 9.79. The molecule has 3 nitrogen and oxygen atoms in total. The SMILES string of the molecule is CC1C(=NOCc2ccccc2)C(C)C(c2ccc(Cl)cc2)OC1c1ccc(Cl)cc1. The summed E-state index contributed by atoms with van der Waals surface area (Å²) in [6, 6.07) is 25.7. The van der Waals surface area contributed by atoms with E-state index in [1.807, 2.05) is 78.9 Å². The maximum atomic E-state index is 6.64. The van der Waals surface area contributed by atoms with Gasteiger partial charge in [0.05, 0.1) is 17.9 Å². The van der Waals surface area contributed by atoms with E-state index in [0.29, 0.717) is 16.7 Å². The van der Waals surface area contributed by atoms with Crippen molar-refractivity contribution in [1.82, 2.24) is 0 Å². The molecule has 0 bridgehead atoms. The molecule has 1 fully saturated rings. The summed E-state index contributed by atoms with van der Waals surface area (Å²) in [6.07, 6.45) is -0.318. The van der Waals surface area contributed by atoms with Gasteiger partial charge in [-0.2, -0.15) is 0 Å². The van der Waals surface area contributed by atoms with Crippen LogP contribution in [0.4, 0.5) is 0 Å². The van der Waals surface area contributed by atoms with Crippen molar-refractivity contribution in [3.8, 4) is 0 Å². The van der Waals surface area contributed by atoms with Crippen LogP contribution in [0.2, 0.25) is 10.0 Å². The molecule has 5 heteroatoms. The van der Waals surface area contributed by atoms with E-state index in [9.17, 15) is 0 Å². The lowest BCUT2D eigenvalue weighted by molar-refractivity contribution is -0.0660. The number of hydrogen-bond donors (Lipinski definition) is 0. The summed E-state index contributed by atoms with van der Waals surface area (Å²) in [7, 11) is 0. The highest BCUT2D eigenvalue weighted by Crippen LogP contribution is 2.44. The van der Waals surface area contributed by atoms with Crippen LogP contribution < -0.4 is 0 Å². The van der Waals surface area contributed by atoms with Gasteiger partial charge >= 0.3 is 0 Å². The summed E-state index contributed by atoms with van der Waals surface area (Å²) in [6.45, 7) is 4.71. The summed E-state index contributed by atoms with van der Waals surface area (Å²) in [4.78, 5) is 5.80. The van der Waals surface area contributed by atoms with Crippen molar-refractivity contribution in [2.24, 2.45) is 17.0 Å². The Morgan fingerprint density at radius 2 is 1.23 bits per heavy atom. The van der Waals surface area contributed by atoms with Gasteiger partial charge in [-0.15, -0.1) is 0 Å². The summed E-state index contributed by atoms with van der Waals surface area (Å²) in [5.41, 5.74) is 4.21. The maximum Gasteiger partial charge on any atom is 0.142 e. The molecule has 0 N–H and O–H groups in total. The summed E-state index contributed by atoms with van der Waals surface area (Å²) in [5.74, 6) is 0.103. The predicted molar refractivity (Wildman–Crippen MR) is 126 cm³/mol. The second kappa shape index (κ2) is 9.86. The third kappa shape index (κ3) is 5.12. The van der Waals surface area contributed by atoms with Crippen molar-refractivity contribution in [3.05, 3.63) is 106 Å². The van der Waals surface area contributed by atoms with Gasteiger partial charge in [-0.3, -0.25) is 0 Å². The standard InChI is InChI=1S/C26H25Cl2NO2/c1-17-24(29-30-16-19-6-4-3-5-7-19)18(2)26(21-10-14-23(28)15-11-21)31-25(17)20-8-12-22(27)13-9-20/h3-15,17-18,25-26H,16H2,1-2H3. The number of rotatable bonds is 5. The third-order valence-corrected chi connectivity index (χ3v) is 6.28. The van der Waals surface area contributed by atoms with Gasteiger partial charge in [0.2, 0.25) is 0 Å². The maximum absolute atomic E-state index is 6.64. The molecule has 31 heavy (non-hydrogen) atoms. The lowest BCUT2D eigenvalue weighted by Crippen LogP contribution is -2.38. The second-order valence-electron chi connectivity index (χ2n) is 7.93. The van der Waals surface area contributed by atoms with E-state index in [2.05, 4.69) is 19.0 Å². The van der Waals surface area contributed by atoms with Crippen molar-refractivity contribution in [1.29, 1.82) is 0 Å². The summed E-state index contributed by atoms with van der Waals surface area (Å²) < 4.78 is 6.64. The molecule has 0 aliphatic carbocycles. The summed E-state index contributed by atoms with van der Waals surface area (Å²) >= 11 is 12.2. The molecule has 3 aromatic rings. The van der Waals surface area contributed by atoms with Crippen molar-refractivity contribution >= 4 is 28.9 Å². The second-order valence-corrected chi connectivity index (χ2v) is 8.81. The van der Waals surface area contributed by atoms with Gasteiger partial charge in [-0.25, -0.2) is 0 Å². The molecule has 4 atom stereocenters. The van der Waals surface area contributed by atoms with Gasteiger partial charge in [-0.1, -0.05) is 96.8 Å². The van der Waals surface area contributed by atoms with Crippen LogP contribution in [-0.4, -0.2) is 5.71 Å². The van der Waals surface area contributed by atoms with Gasteiger partial charge in [-0.05, 0) is 41.0 Å². The Kier molecular flexibility index (Phi) is 6.96. The summed E-state index contributed by atoms with van der Waals surface area (Å²) in [5, 5.41) is 6.02. The number of oxime groups is 1. The van der Waals surface area contributed by atoms with Crippen molar-refractivity contribution in [2.75, 3.05) is 0 Å². The molecule has 0 radical (unpaired) electrons. The Hall–Kier alpha value is -2.33. The Balaban J connectivity index is 1.64. The molecular weight excluding hydrogens is 429 g/mol. The first-order valence-corrected chi connectivity index (χ1v) is 11.2. The number of halogens is 2. The molecular formula is C26H25Cl2NO2. The molecule has 0 amide bonds. The predicted octanol–water partition coefficient (Wildman–Crippen LogP) is 7.65. The van der Waals surface area contributed by atoms with Crippen LogP contribution in [0.3, 0.4) is 0 Å². The van der Waals surface area contributed by atoms with Crippen LogP contribution in [0.15, 0.2) is 84.0 Å². The van der Waals surface area contributed by atoms with Crippen molar-refractivity contribution in [3.63, 3.8) is 0 Å². The molecule has 0 saturated carbocycles. The molecule has 4 unspecified atom stereocenters. The quantitative estimate of drug-likeness (QED) is 0.371. The first kappa shape index (κ1) is 21.9. The highest BCUT2D eigenvalue weighted by molar-refractivity contribution is 6.30. The molecule has 3 aromatic carbocycles. The average molecular weight is 454 g/mol. The van der Waals surface area contributed by atoms with Crippen molar-refractivity contribution in [2.45, 2.75) is 32.7 Å². The zero-order valence-corrected chi connectivity index (χ0v) is 19.1. The normalized spacial score (nSPS) is 23.4. The Morgan fingerprint density at radius 3 is 1.71 bits per heavy atom. The highest BCUT2D eigenvalue weighted by atomic mass is 35.5. The first-order valence-electron chi connectivity index (χ1n) is 10.4. The smallest absolute Gasteiger partial charge is 0.142 e. The van der Waals surface area contributed by atoms with Crippen LogP contribution in [-0.2, 0) is 16.2 Å². The van der Waals surface area contributed by atoms with E-state index in [1.165, 1.54) is 0 Å². The van der Waals surface area contributed by atoms with Crippen LogP contribution in [0.5, 0.6) is 0 Å². The van der Waals surface area contributed by atoms with Crippen LogP contribution in [0.25, 0.3) is 0 Å². The zero-order chi connectivity index (χ0) is 21.8. The number of ether oxygens (including phenoxy) is 1. The Bertz CT molecular complexity index is 960. The van der Waals surface area contributed by atoms with E-state index >= 15 is 0 Å². The molecule has 1 saturated heterocycles. The molecule has 1 aliphatic heterocycles. The molecule has 1 heterocycles. The fourth-order valence-electron chi connectivity index (χ4n) is 4.08. The molecule has 160 valence electrons. The van der Waals surface area contributed by atoms with E-state index in [4.69, 9.17) is 32.8 Å². The molecule has 0 spiro atoms. The average Bonchev–Trinajstić information content (AvgIpc) is 2.78. The highest BCUT2D eigenvalue weighted by Gasteiger charge is 2.40. The minimum atomic E-state index is -0.159. The van der Waals surface area contributed by atoms with Crippen LogP contribution in [0, 0.1) is 11.8 Å². The fourth-order valence-corrected chi connectivity index (χ4v) is 4.33. The van der Waals surface area contributed by atoms with Gasteiger partial charge in [0.1, 0.15) is 6.61 Å². The first-order chi connectivity index (χ1) is 15.0.